The molecule has 59 heavy (non-hydrogen) atoms. The molecule has 0 saturated heterocycles. The predicted molar refractivity (Wildman–Crippen MR) is 253 cm³/mol. The zero-order valence-electron chi connectivity index (χ0n) is 32.0. The van der Waals surface area contributed by atoms with Gasteiger partial charge < -0.3 is 4.42 Å². The van der Waals surface area contributed by atoms with E-state index in [-0.39, 0.29) is 0 Å². The molecular weight excluding hydrogens is 713 g/mol. The van der Waals surface area contributed by atoms with Crippen LogP contribution in [0.1, 0.15) is 0 Å². The summed E-state index contributed by atoms with van der Waals surface area (Å²) < 4.78 is 6.43. The van der Waals surface area contributed by atoms with E-state index in [9.17, 15) is 0 Å². The molecule has 0 spiro atoms. The first-order chi connectivity index (χ1) is 29.2. The Morgan fingerprint density at radius 1 is 0.220 bits per heavy atom. The van der Waals surface area contributed by atoms with Gasteiger partial charge in [0.15, 0.2) is 0 Å². The third-order valence-corrected chi connectivity index (χ3v) is 12.8. The molecule has 13 aromatic rings. The Morgan fingerprint density at radius 2 is 0.661 bits per heavy atom. The van der Waals surface area contributed by atoms with Crippen LogP contribution in [0.5, 0.6) is 0 Å². The Morgan fingerprint density at radius 3 is 1.34 bits per heavy atom. The highest BCUT2D eigenvalue weighted by molar-refractivity contribution is 6.26. The molecule has 0 N–H and O–H groups in total. The third kappa shape index (κ3) is 4.92. The van der Waals surface area contributed by atoms with Crippen LogP contribution in [-0.4, -0.2) is 0 Å². The zero-order valence-corrected chi connectivity index (χ0v) is 32.0. The number of fused-ring (bicyclic) bond motifs is 15. The first-order valence-electron chi connectivity index (χ1n) is 20.4. The van der Waals surface area contributed by atoms with Crippen molar-refractivity contribution in [2.75, 3.05) is 0 Å². The molecule has 0 aliphatic rings. The average molecular weight is 747 g/mol. The molecule has 0 radical (unpaired) electrons. The van der Waals surface area contributed by atoms with E-state index >= 15 is 0 Å². The minimum Gasteiger partial charge on any atom is -0.456 e. The van der Waals surface area contributed by atoms with E-state index in [1.807, 2.05) is 0 Å². The van der Waals surface area contributed by atoms with Gasteiger partial charge in [0.2, 0.25) is 0 Å². The topological polar surface area (TPSA) is 13.1 Å². The van der Waals surface area contributed by atoms with Crippen molar-refractivity contribution < 1.29 is 4.42 Å². The quantitative estimate of drug-likeness (QED) is 0.164. The minimum absolute atomic E-state index is 0.899. The van der Waals surface area contributed by atoms with Crippen LogP contribution in [0.15, 0.2) is 211 Å². The average Bonchev–Trinajstić information content (AvgIpc) is 3.68. The van der Waals surface area contributed by atoms with Crippen molar-refractivity contribution in [1.29, 1.82) is 0 Å². The van der Waals surface area contributed by atoms with Gasteiger partial charge in [-0.05, 0) is 157 Å². The lowest BCUT2D eigenvalue weighted by molar-refractivity contribution is 0.669. The fraction of sp³-hybridized carbons (Fsp3) is 0. The van der Waals surface area contributed by atoms with E-state index in [2.05, 4.69) is 206 Å². The van der Waals surface area contributed by atoms with Crippen LogP contribution in [0.25, 0.3) is 131 Å². The number of rotatable bonds is 3. The fourth-order valence-electron chi connectivity index (χ4n) is 9.93. The van der Waals surface area contributed by atoms with E-state index in [0.717, 1.165) is 21.9 Å². The summed E-state index contributed by atoms with van der Waals surface area (Å²) in [6.45, 7) is 0. The molecule has 0 bridgehead atoms. The molecule has 1 heterocycles. The maximum Gasteiger partial charge on any atom is 0.135 e. The van der Waals surface area contributed by atoms with Gasteiger partial charge >= 0.3 is 0 Å². The lowest BCUT2D eigenvalue weighted by atomic mass is 9.90. The highest BCUT2D eigenvalue weighted by Gasteiger charge is 2.15. The van der Waals surface area contributed by atoms with Crippen molar-refractivity contribution >= 4 is 97.3 Å². The van der Waals surface area contributed by atoms with Gasteiger partial charge in [-0.2, -0.15) is 0 Å². The van der Waals surface area contributed by atoms with Crippen LogP contribution < -0.4 is 0 Å². The van der Waals surface area contributed by atoms with Gasteiger partial charge in [-0.3, -0.25) is 0 Å². The Labute approximate surface area is 340 Å². The summed E-state index contributed by atoms with van der Waals surface area (Å²) in [5.74, 6) is 0. The Kier molecular flexibility index (Phi) is 6.79. The van der Waals surface area contributed by atoms with Crippen LogP contribution in [0.4, 0.5) is 0 Å². The van der Waals surface area contributed by atoms with Crippen LogP contribution >= 0.6 is 0 Å². The second kappa shape index (κ2) is 12.4. The first-order valence-corrected chi connectivity index (χ1v) is 20.4. The second-order valence-electron chi connectivity index (χ2n) is 16.0. The molecule has 13 rings (SSSR count). The number of benzene rings is 12. The number of furan rings is 1. The Balaban J connectivity index is 0.920. The van der Waals surface area contributed by atoms with Gasteiger partial charge in [-0.25, -0.2) is 0 Å². The molecule has 0 fully saturated rings. The summed E-state index contributed by atoms with van der Waals surface area (Å²) in [6, 6.07) is 75.9. The molecular formula is C58H34O. The summed E-state index contributed by atoms with van der Waals surface area (Å²) in [4.78, 5) is 0. The van der Waals surface area contributed by atoms with E-state index in [1.54, 1.807) is 0 Å². The maximum absolute atomic E-state index is 6.43. The third-order valence-electron chi connectivity index (χ3n) is 12.8. The van der Waals surface area contributed by atoms with Gasteiger partial charge in [-0.1, -0.05) is 158 Å². The first kappa shape index (κ1) is 32.4. The molecule has 12 aromatic carbocycles. The van der Waals surface area contributed by atoms with E-state index in [4.69, 9.17) is 4.42 Å². The molecule has 0 amide bonds. The predicted octanol–water partition coefficient (Wildman–Crippen LogP) is 16.7. The summed E-state index contributed by atoms with van der Waals surface area (Å²) in [7, 11) is 0. The Hall–Kier alpha value is -7.74. The van der Waals surface area contributed by atoms with Gasteiger partial charge in [0.25, 0.3) is 0 Å². The molecule has 1 nitrogen and oxygen atoms in total. The molecule has 0 unspecified atom stereocenters. The van der Waals surface area contributed by atoms with Gasteiger partial charge in [0.1, 0.15) is 11.2 Å². The van der Waals surface area contributed by atoms with Crippen molar-refractivity contribution in [3.63, 3.8) is 0 Å². The molecule has 272 valence electrons. The highest BCUT2D eigenvalue weighted by Crippen LogP contribution is 2.42. The van der Waals surface area contributed by atoms with Crippen LogP contribution in [-0.2, 0) is 0 Å². The molecule has 1 heteroatoms. The maximum atomic E-state index is 6.43. The van der Waals surface area contributed by atoms with E-state index < -0.39 is 0 Å². The van der Waals surface area contributed by atoms with Crippen molar-refractivity contribution in [3.8, 4) is 33.4 Å². The van der Waals surface area contributed by atoms with Gasteiger partial charge in [-0.15, -0.1) is 0 Å². The molecule has 0 saturated carbocycles. The summed E-state index contributed by atoms with van der Waals surface area (Å²) in [5.41, 5.74) is 9.01. The van der Waals surface area contributed by atoms with Gasteiger partial charge in [0, 0.05) is 10.8 Å². The largest absolute Gasteiger partial charge is 0.456 e. The lowest BCUT2D eigenvalue weighted by Crippen LogP contribution is -1.87. The standard InChI is InChI=1S/C58H34O/c1-2-10-44-36(9-1)19-22-42-34-52(49-15-7-8-16-51(49)58(42)44)41-21-18-35-17-20-37(29-43(35)30-41)39-24-27-56-54(32-39)55-33-40(25-28-57(55)59-56)38-23-26-50-47-13-4-3-11-45(47)46-12-5-6-14-48(46)53(50)31-38/h1-34H. The highest BCUT2D eigenvalue weighted by atomic mass is 16.3. The molecule has 1 aromatic heterocycles. The van der Waals surface area contributed by atoms with Crippen molar-refractivity contribution in [2.24, 2.45) is 0 Å². The van der Waals surface area contributed by atoms with Crippen molar-refractivity contribution in [1.82, 2.24) is 0 Å². The van der Waals surface area contributed by atoms with E-state index in [1.165, 1.54) is 109 Å². The number of hydrogen-bond acceptors (Lipinski definition) is 1. The smallest absolute Gasteiger partial charge is 0.135 e. The van der Waals surface area contributed by atoms with Crippen LogP contribution in [0.3, 0.4) is 0 Å². The molecule has 0 aliphatic heterocycles. The van der Waals surface area contributed by atoms with Crippen LogP contribution in [0.2, 0.25) is 0 Å². The molecule has 0 aliphatic carbocycles. The lowest BCUT2D eigenvalue weighted by Gasteiger charge is -2.14. The van der Waals surface area contributed by atoms with Gasteiger partial charge in [0.05, 0.1) is 0 Å². The van der Waals surface area contributed by atoms with E-state index in [0.29, 0.717) is 0 Å². The summed E-state index contributed by atoms with van der Waals surface area (Å²) in [5, 5.41) is 20.1. The van der Waals surface area contributed by atoms with Crippen LogP contribution in [0, 0.1) is 0 Å². The van der Waals surface area contributed by atoms with Crippen molar-refractivity contribution in [3.05, 3.63) is 206 Å². The second-order valence-corrected chi connectivity index (χ2v) is 16.0. The molecule has 0 atom stereocenters. The van der Waals surface area contributed by atoms with Crippen molar-refractivity contribution in [2.45, 2.75) is 0 Å². The minimum atomic E-state index is 0.899. The normalized spacial score (nSPS) is 12.1. The zero-order chi connectivity index (χ0) is 38.6. The summed E-state index contributed by atoms with van der Waals surface area (Å²) in [6.07, 6.45) is 0. The summed E-state index contributed by atoms with van der Waals surface area (Å²) >= 11 is 0. The fourth-order valence-corrected chi connectivity index (χ4v) is 9.93. The monoisotopic (exact) mass is 746 g/mol. The SMILES string of the molecule is c1ccc2c(c1)ccc1cc(-c3ccc4ccc(-c5ccc6oc7ccc(-c8ccc9c%10ccccc%10c%10ccccc%10c9c8)cc7c6c5)cc4c3)c3ccccc3c12. The Bertz CT molecular complexity index is 3870. The number of hydrogen-bond donors (Lipinski definition) is 0.